The van der Waals surface area contributed by atoms with Gasteiger partial charge in [-0.05, 0) is 31.6 Å². The number of hydrogen-bond acceptors (Lipinski definition) is 6. The van der Waals surface area contributed by atoms with Crippen LogP contribution in [0.15, 0.2) is 6.07 Å². The molecule has 6 nitrogen and oxygen atoms in total. The van der Waals surface area contributed by atoms with Crippen molar-refractivity contribution >= 4 is 11.6 Å². The summed E-state index contributed by atoms with van der Waals surface area (Å²) in [5.74, 6) is 7.52. The van der Waals surface area contributed by atoms with Gasteiger partial charge in [-0.25, -0.2) is 15.8 Å². The molecular formula is C12H21N5O. The lowest BCUT2D eigenvalue weighted by Crippen LogP contribution is -2.18. The average Bonchev–Trinajstić information content (AvgIpc) is 3.14. The molecule has 0 bridgehead atoms. The molecule has 1 aliphatic rings. The van der Waals surface area contributed by atoms with E-state index in [0.29, 0.717) is 17.1 Å². The molecule has 0 spiro atoms. The summed E-state index contributed by atoms with van der Waals surface area (Å²) in [5, 5.41) is 3.37. The number of rotatable bonds is 7. The Kier molecular flexibility index (Phi) is 3.98. The third-order valence-corrected chi connectivity index (χ3v) is 3.42. The van der Waals surface area contributed by atoms with Crippen molar-refractivity contribution < 1.29 is 4.74 Å². The molecule has 0 aliphatic heterocycles. The van der Waals surface area contributed by atoms with Gasteiger partial charge in [-0.3, -0.25) is 0 Å². The smallest absolute Gasteiger partial charge is 0.145 e. The lowest BCUT2D eigenvalue weighted by Gasteiger charge is -2.16. The minimum Gasteiger partial charge on any atom is -0.385 e. The van der Waals surface area contributed by atoms with Crippen LogP contribution >= 0.6 is 0 Å². The fraction of sp³-hybridized carbons (Fsp3) is 0.667. The summed E-state index contributed by atoms with van der Waals surface area (Å²) < 4.78 is 5.15. The third-order valence-electron chi connectivity index (χ3n) is 3.42. The van der Waals surface area contributed by atoms with Gasteiger partial charge < -0.3 is 15.5 Å². The number of hydrazine groups is 1. The predicted octanol–water partition coefficient (Wildman–Crippen LogP) is 1.30. The molecule has 0 radical (unpaired) electrons. The number of nitrogen functional groups attached to an aromatic ring is 1. The first-order valence-corrected chi connectivity index (χ1v) is 6.23. The van der Waals surface area contributed by atoms with Crippen LogP contribution in [0.3, 0.4) is 0 Å². The monoisotopic (exact) mass is 251 g/mol. The standard InChI is InChI=1S/C12H21N5O/c1-9-15-10(7-11(16-9)17-13)14-8-12(3-4-12)5-6-18-2/h7H,3-6,8,13H2,1-2H3,(H2,14,15,16,17). The van der Waals surface area contributed by atoms with Crippen LogP contribution in [0.5, 0.6) is 0 Å². The zero-order chi connectivity index (χ0) is 13.0. The zero-order valence-corrected chi connectivity index (χ0v) is 11.0. The lowest BCUT2D eigenvalue weighted by molar-refractivity contribution is 0.175. The first kappa shape index (κ1) is 13.0. The second kappa shape index (κ2) is 5.49. The van der Waals surface area contributed by atoms with Crippen molar-refractivity contribution in [3.05, 3.63) is 11.9 Å². The Hall–Kier alpha value is -1.40. The fourth-order valence-electron chi connectivity index (χ4n) is 2.02. The summed E-state index contributed by atoms with van der Waals surface area (Å²) in [5.41, 5.74) is 2.94. The van der Waals surface area contributed by atoms with Gasteiger partial charge in [0.05, 0.1) is 0 Å². The Labute approximate surface area is 107 Å². The largest absolute Gasteiger partial charge is 0.385 e. The molecule has 1 aliphatic carbocycles. The van der Waals surface area contributed by atoms with Crippen molar-refractivity contribution in [1.29, 1.82) is 0 Å². The van der Waals surface area contributed by atoms with E-state index in [1.54, 1.807) is 7.11 Å². The van der Waals surface area contributed by atoms with Gasteiger partial charge in [0.2, 0.25) is 0 Å². The molecule has 100 valence electrons. The quantitative estimate of drug-likeness (QED) is 0.500. The molecule has 18 heavy (non-hydrogen) atoms. The highest BCUT2D eigenvalue weighted by Gasteiger charge is 2.41. The van der Waals surface area contributed by atoms with Gasteiger partial charge in [0.1, 0.15) is 17.5 Å². The number of aromatic nitrogens is 2. The molecule has 2 rings (SSSR count). The van der Waals surface area contributed by atoms with E-state index < -0.39 is 0 Å². The highest BCUT2D eigenvalue weighted by Crippen LogP contribution is 2.48. The summed E-state index contributed by atoms with van der Waals surface area (Å²) in [6, 6.07) is 1.82. The molecule has 1 aromatic rings. The Morgan fingerprint density at radius 2 is 2.11 bits per heavy atom. The van der Waals surface area contributed by atoms with Gasteiger partial charge in [-0.1, -0.05) is 0 Å². The number of nitrogens with two attached hydrogens (primary N) is 1. The van der Waals surface area contributed by atoms with Crippen LogP contribution in [-0.4, -0.2) is 30.2 Å². The SMILES string of the molecule is COCCC1(CNc2cc(NN)nc(C)n2)CC1. The van der Waals surface area contributed by atoms with Crippen LogP contribution in [0.4, 0.5) is 11.6 Å². The molecule has 0 amide bonds. The molecule has 0 saturated heterocycles. The van der Waals surface area contributed by atoms with Crippen molar-refractivity contribution in [3.8, 4) is 0 Å². The van der Waals surface area contributed by atoms with Crippen molar-refractivity contribution in [3.63, 3.8) is 0 Å². The third kappa shape index (κ3) is 3.30. The zero-order valence-electron chi connectivity index (χ0n) is 11.0. The molecule has 1 fully saturated rings. The molecule has 4 N–H and O–H groups in total. The summed E-state index contributed by atoms with van der Waals surface area (Å²) >= 11 is 0. The molecule has 1 aromatic heterocycles. The number of hydrogen-bond donors (Lipinski definition) is 3. The number of nitrogens with one attached hydrogen (secondary N) is 2. The van der Waals surface area contributed by atoms with E-state index >= 15 is 0 Å². The number of ether oxygens (including phenoxy) is 1. The summed E-state index contributed by atoms with van der Waals surface area (Å²) in [6.07, 6.45) is 3.62. The molecule has 0 aromatic carbocycles. The number of aryl methyl sites for hydroxylation is 1. The molecule has 6 heteroatoms. The van der Waals surface area contributed by atoms with E-state index in [9.17, 15) is 0 Å². The lowest BCUT2D eigenvalue weighted by atomic mass is 10.0. The van der Waals surface area contributed by atoms with Crippen LogP contribution in [0.25, 0.3) is 0 Å². The van der Waals surface area contributed by atoms with E-state index in [1.807, 2.05) is 13.0 Å². The summed E-state index contributed by atoms with van der Waals surface area (Å²) in [4.78, 5) is 8.50. The van der Waals surface area contributed by atoms with Gasteiger partial charge >= 0.3 is 0 Å². The first-order valence-electron chi connectivity index (χ1n) is 6.23. The van der Waals surface area contributed by atoms with Gasteiger partial charge in [0.15, 0.2) is 0 Å². The van der Waals surface area contributed by atoms with E-state index in [1.165, 1.54) is 12.8 Å². The van der Waals surface area contributed by atoms with Gasteiger partial charge in [0, 0.05) is 26.3 Å². The maximum absolute atomic E-state index is 5.36. The normalized spacial score (nSPS) is 16.4. The second-order valence-electron chi connectivity index (χ2n) is 4.93. The summed E-state index contributed by atoms with van der Waals surface area (Å²) in [6.45, 7) is 3.60. The summed E-state index contributed by atoms with van der Waals surface area (Å²) in [7, 11) is 1.75. The van der Waals surface area contributed by atoms with Crippen LogP contribution < -0.4 is 16.6 Å². The maximum Gasteiger partial charge on any atom is 0.145 e. The predicted molar refractivity (Wildman–Crippen MR) is 71.2 cm³/mol. The number of anilines is 2. The average molecular weight is 251 g/mol. The first-order chi connectivity index (χ1) is 8.67. The molecule has 1 heterocycles. The van der Waals surface area contributed by atoms with Crippen LogP contribution in [0.1, 0.15) is 25.1 Å². The molecular weight excluding hydrogens is 230 g/mol. The Balaban J connectivity index is 1.92. The van der Waals surface area contributed by atoms with Crippen LogP contribution in [0.2, 0.25) is 0 Å². The van der Waals surface area contributed by atoms with Crippen LogP contribution in [-0.2, 0) is 4.74 Å². The van der Waals surface area contributed by atoms with Gasteiger partial charge in [-0.2, -0.15) is 0 Å². The van der Waals surface area contributed by atoms with Crippen molar-refractivity contribution in [2.24, 2.45) is 11.3 Å². The van der Waals surface area contributed by atoms with E-state index in [-0.39, 0.29) is 0 Å². The van der Waals surface area contributed by atoms with Gasteiger partial charge in [-0.15, -0.1) is 0 Å². The highest BCUT2D eigenvalue weighted by molar-refractivity contribution is 5.47. The van der Waals surface area contributed by atoms with Crippen molar-refractivity contribution in [2.75, 3.05) is 31.0 Å². The van der Waals surface area contributed by atoms with Crippen molar-refractivity contribution in [1.82, 2.24) is 9.97 Å². The van der Waals surface area contributed by atoms with Crippen molar-refractivity contribution in [2.45, 2.75) is 26.2 Å². The number of methoxy groups -OCH3 is 1. The van der Waals surface area contributed by atoms with E-state index in [4.69, 9.17) is 10.6 Å². The minimum atomic E-state index is 0.394. The van der Waals surface area contributed by atoms with E-state index in [0.717, 1.165) is 25.4 Å². The topological polar surface area (TPSA) is 85.1 Å². The molecule has 1 saturated carbocycles. The number of nitrogens with zero attached hydrogens (tertiary/aromatic N) is 2. The molecule has 0 atom stereocenters. The Morgan fingerprint density at radius 1 is 1.39 bits per heavy atom. The second-order valence-corrected chi connectivity index (χ2v) is 4.93. The highest BCUT2D eigenvalue weighted by atomic mass is 16.5. The Bertz CT molecular complexity index is 405. The van der Waals surface area contributed by atoms with Gasteiger partial charge in [0.25, 0.3) is 0 Å². The maximum atomic E-state index is 5.36. The molecule has 0 unspecified atom stereocenters. The van der Waals surface area contributed by atoms with E-state index in [2.05, 4.69) is 20.7 Å². The van der Waals surface area contributed by atoms with Crippen LogP contribution in [0, 0.1) is 12.3 Å². The minimum absolute atomic E-state index is 0.394. The fourth-order valence-corrected chi connectivity index (χ4v) is 2.02. The Morgan fingerprint density at radius 3 is 2.72 bits per heavy atom.